The van der Waals surface area contributed by atoms with Crippen molar-refractivity contribution in [2.24, 2.45) is 5.73 Å². The molecule has 3 aromatic rings. The number of ether oxygens (including phenoxy) is 1. The largest absolute Gasteiger partial charge is 0.492 e. The van der Waals surface area contributed by atoms with Gasteiger partial charge in [-0.05, 0) is 61.5 Å². The second-order valence-electron chi connectivity index (χ2n) is 7.92. The molecule has 4 rings (SSSR count). The molecule has 1 aromatic heterocycles. The van der Waals surface area contributed by atoms with Gasteiger partial charge < -0.3 is 25.7 Å². The van der Waals surface area contributed by atoms with Crippen molar-refractivity contribution < 1.29 is 4.74 Å². The predicted molar refractivity (Wildman–Crippen MR) is 132 cm³/mol. The number of rotatable bonds is 9. The third kappa shape index (κ3) is 5.92. The fourth-order valence-corrected chi connectivity index (χ4v) is 4.08. The fourth-order valence-electron chi connectivity index (χ4n) is 4.08. The number of anilines is 1. The lowest BCUT2D eigenvalue weighted by Gasteiger charge is -2.36. The molecule has 4 N–H and O–H groups in total. The fraction of sp³-hybridized carbons (Fsp3) is 0.417. The molecular formula is C24H34ClN5O. The summed E-state index contributed by atoms with van der Waals surface area (Å²) in [7, 11) is 1.99. The highest BCUT2D eigenvalue weighted by Gasteiger charge is 2.17. The molecule has 0 aliphatic carbocycles. The zero-order valence-electron chi connectivity index (χ0n) is 18.3. The highest BCUT2D eigenvalue weighted by Crippen LogP contribution is 2.24. The highest BCUT2D eigenvalue weighted by molar-refractivity contribution is 5.85. The van der Waals surface area contributed by atoms with E-state index in [1.54, 1.807) is 0 Å². The number of hydrogen-bond donors (Lipinski definition) is 3. The predicted octanol–water partition coefficient (Wildman–Crippen LogP) is 3.01. The van der Waals surface area contributed by atoms with Gasteiger partial charge in [0.25, 0.3) is 0 Å². The Morgan fingerprint density at radius 3 is 2.55 bits per heavy atom. The smallest absolute Gasteiger partial charge is 0.120 e. The van der Waals surface area contributed by atoms with E-state index in [9.17, 15) is 0 Å². The minimum Gasteiger partial charge on any atom is -0.492 e. The van der Waals surface area contributed by atoms with Crippen molar-refractivity contribution in [3.63, 3.8) is 0 Å². The van der Waals surface area contributed by atoms with E-state index in [2.05, 4.69) is 68.8 Å². The molecule has 0 bridgehead atoms. The first-order chi connectivity index (χ1) is 14.8. The van der Waals surface area contributed by atoms with Crippen molar-refractivity contribution in [3.05, 3.63) is 59.8 Å². The Morgan fingerprint density at radius 2 is 1.84 bits per heavy atom. The Morgan fingerprint density at radius 1 is 1.06 bits per heavy atom. The maximum atomic E-state index is 6.09. The topological polar surface area (TPSA) is 69.5 Å². The van der Waals surface area contributed by atoms with Gasteiger partial charge in [0.1, 0.15) is 12.4 Å². The standard InChI is InChI=1S/C24H33N5O.ClH/c1-26-9-8-20-18-27-24-7-6-22(16-23(20)24)30-15-14-28-10-12-29(13-11-28)21-4-2-19(17-25)3-5-21;/h2-7,16,18,26-27H,8-15,17,25H2,1H3;1H. The summed E-state index contributed by atoms with van der Waals surface area (Å²) in [4.78, 5) is 8.29. The summed E-state index contributed by atoms with van der Waals surface area (Å²) < 4.78 is 6.09. The maximum absolute atomic E-state index is 6.09. The first-order valence-electron chi connectivity index (χ1n) is 10.9. The van der Waals surface area contributed by atoms with E-state index < -0.39 is 0 Å². The average Bonchev–Trinajstić information content (AvgIpc) is 3.20. The first kappa shape index (κ1) is 23.4. The van der Waals surface area contributed by atoms with Crippen LogP contribution in [0, 0.1) is 0 Å². The third-order valence-corrected chi connectivity index (χ3v) is 5.97. The van der Waals surface area contributed by atoms with Crippen molar-refractivity contribution in [2.75, 3.05) is 57.8 Å². The lowest BCUT2D eigenvalue weighted by molar-refractivity contribution is 0.200. The number of nitrogens with zero attached hydrogens (tertiary/aromatic N) is 2. The van der Waals surface area contributed by atoms with Crippen LogP contribution >= 0.6 is 12.4 Å². The van der Waals surface area contributed by atoms with Crippen molar-refractivity contribution >= 4 is 29.0 Å². The second-order valence-corrected chi connectivity index (χ2v) is 7.92. The van der Waals surface area contributed by atoms with Crippen LogP contribution in [-0.2, 0) is 13.0 Å². The molecule has 31 heavy (non-hydrogen) atoms. The Labute approximate surface area is 191 Å². The van der Waals surface area contributed by atoms with Gasteiger partial charge in [-0.3, -0.25) is 4.90 Å². The summed E-state index contributed by atoms with van der Waals surface area (Å²) in [6, 6.07) is 15.0. The minimum atomic E-state index is 0. The van der Waals surface area contributed by atoms with Gasteiger partial charge in [-0.15, -0.1) is 12.4 Å². The molecule has 0 amide bonds. The molecule has 1 saturated heterocycles. The third-order valence-electron chi connectivity index (χ3n) is 5.97. The molecule has 0 radical (unpaired) electrons. The number of hydrogen-bond acceptors (Lipinski definition) is 5. The highest BCUT2D eigenvalue weighted by atomic mass is 35.5. The lowest BCUT2D eigenvalue weighted by Crippen LogP contribution is -2.47. The van der Waals surface area contributed by atoms with Crippen LogP contribution in [0.1, 0.15) is 11.1 Å². The second kappa shape index (κ2) is 11.4. The number of aromatic nitrogens is 1. The molecule has 0 saturated carbocycles. The number of nitrogens with one attached hydrogen (secondary N) is 2. The van der Waals surface area contributed by atoms with E-state index in [0.29, 0.717) is 13.2 Å². The molecular weight excluding hydrogens is 410 g/mol. The Kier molecular flexibility index (Phi) is 8.60. The number of fused-ring (bicyclic) bond motifs is 1. The normalized spacial score (nSPS) is 14.6. The number of likely N-dealkylation sites (N-methyl/N-ethyl adjacent to an activating group) is 1. The van der Waals surface area contributed by atoms with Crippen LogP contribution < -0.4 is 20.7 Å². The van der Waals surface area contributed by atoms with Gasteiger partial charge in [0, 0.05) is 62.1 Å². The lowest BCUT2D eigenvalue weighted by atomic mass is 10.1. The molecule has 168 valence electrons. The molecule has 2 aromatic carbocycles. The van der Waals surface area contributed by atoms with E-state index in [-0.39, 0.29) is 12.4 Å². The van der Waals surface area contributed by atoms with Crippen LogP contribution in [0.4, 0.5) is 5.69 Å². The van der Waals surface area contributed by atoms with Crippen molar-refractivity contribution in [1.29, 1.82) is 0 Å². The number of halogens is 1. The average molecular weight is 444 g/mol. The molecule has 2 heterocycles. The summed E-state index contributed by atoms with van der Waals surface area (Å²) in [6.45, 7) is 7.46. The first-order valence-corrected chi connectivity index (χ1v) is 10.9. The van der Waals surface area contributed by atoms with Crippen molar-refractivity contribution in [2.45, 2.75) is 13.0 Å². The molecule has 0 unspecified atom stereocenters. The number of H-pyrrole nitrogens is 1. The van der Waals surface area contributed by atoms with Crippen LogP contribution in [0.15, 0.2) is 48.7 Å². The molecule has 0 spiro atoms. The Bertz CT molecular complexity index is 935. The van der Waals surface area contributed by atoms with E-state index >= 15 is 0 Å². The van der Waals surface area contributed by atoms with Crippen LogP contribution in [0.5, 0.6) is 5.75 Å². The zero-order valence-corrected chi connectivity index (χ0v) is 19.1. The monoisotopic (exact) mass is 443 g/mol. The number of piperazine rings is 1. The Balaban J connectivity index is 0.00000272. The SMILES string of the molecule is CNCCc1c[nH]c2ccc(OCCN3CCN(c4ccc(CN)cc4)CC3)cc12.Cl. The Hall–Kier alpha value is -2.25. The van der Waals surface area contributed by atoms with Crippen molar-refractivity contribution in [3.8, 4) is 5.75 Å². The summed E-state index contributed by atoms with van der Waals surface area (Å²) >= 11 is 0. The van der Waals surface area contributed by atoms with Crippen LogP contribution in [0.2, 0.25) is 0 Å². The molecule has 1 fully saturated rings. The zero-order chi connectivity index (χ0) is 20.8. The summed E-state index contributed by atoms with van der Waals surface area (Å²) in [5, 5.41) is 4.48. The van der Waals surface area contributed by atoms with Crippen LogP contribution in [0.25, 0.3) is 10.9 Å². The molecule has 1 aliphatic rings. The maximum Gasteiger partial charge on any atom is 0.120 e. The van der Waals surface area contributed by atoms with Gasteiger partial charge in [0.2, 0.25) is 0 Å². The van der Waals surface area contributed by atoms with Crippen LogP contribution in [0.3, 0.4) is 0 Å². The molecule has 0 atom stereocenters. The van der Waals surface area contributed by atoms with Gasteiger partial charge in [0.15, 0.2) is 0 Å². The van der Waals surface area contributed by atoms with Gasteiger partial charge in [-0.1, -0.05) is 12.1 Å². The number of nitrogens with two attached hydrogens (primary N) is 1. The van der Waals surface area contributed by atoms with Gasteiger partial charge in [-0.25, -0.2) is 0 Å². The quantitative estimate of drug-likeness (QED) is 0.474. The summed E-state index contributed by atoms with van der Waals surface area (Å²) in [6.07, 6.45) is 3.12. The van der Waals surface area contributed by atoms with Crippen LogP contribution in [-0.4, -0.2) is 62.8 Å². The molecule has 6 nitrogen and oxygen atoms in total. The summed E-state index contributed by atoms with van der Waals surface area (Å²) in [5.74, 6) is 0.950. The van der Waals surface area contributed by atoms with Crippen molar-refractivity contribution in [1.82, 2.24) is 15.2 Å². The van der Waals surface area contributed by atoms with E-state index in [0.717, 1.165) is 51.4 Å². The van der Waals surface area contributed by atoms with Gasteiger partial charge in [-0.2, -0.15) is 0 Å². The number of aromatic amines is 1. The molecule has 7 heteroatoms. The minimum absolute atomic E-state index is 0. The van der Waals surface area contributed by atoms with Gasteiger partial charge in [0.05, 0.1) is 0 Å². The summed E-state index contributed by atoms with van der Waals surface area (Å²) in [5.41, 5.74) is 10.7. The van der Waals surface area contributed by atoms with Gasteiger partial charge >= 0.3 is 0 Å². The number of benzene rings is 2. The van der Waals surface area contributed by atoms with E-state index in [1.807, 2.05) is 7.05 Å². The van der Waals surface area contributed by atoms with E-state index in [1.165, 1.54) is 27.7 Å². The van der Waals surface area contributed by atoms with E-state index in [4.69, 9.17) is 10.5 Å². The molecule has 1 aliphatic heterocycles.